The number of rotatable bonds is 7. The fourth-order valence-electron chi connectivity index (χ4n) is 2.40. The molecule has 0 atom stereocenters. The van der Waals surface area contributed by atoms with E-state index in [2.05, 4.69) is 20.9 Å². The van der Waals surface area contributed by atoms with Gasteiger partial charge in [-0.2, -0.15) is 0 Å². The van der Waals surface area contributed by atoms with Crippen molar-refractivity contribution in [3.05, 3.63) is 59.6 Å². The Balaban J connectivity index is 1.59. The molecule has 0 radical (unpaired) electrons. The second-order valence-electron chi connectivity index (χ2n) is 5.83. The van der Waals surface area contributed by atoms with Crippen molar-refractivity contribution >= 4 is 45.3 Å². The number of thiazole rings is 1. The van der Waals surface area contributed by atoms with Gasteiger partial charge >= 0.3 is 0 Å². The minimum Gasteiger partial charge on any atom is -0.494 e. The normalized spacial score (nSPS) is 10.2. The Hall–Kier alpha value is -3.39. The molecule has 3 aromatic rings. The Morgan fingerprint density at radius 1 is 0.964 bits per heavy atom. The molecule has 2 amide bonds. The number of anilines is 4. The second kappa shape index (κ2) is 9.01. The van der Waals surface area contributed by atoms with Gasteiger partial charge in [0, 0.05) is 29.4 Å². The number of hydrogen-bond acceptors (Lipinski definition) is 6. The van der Waals surface area contributed by atoms with Crippen molar-refractivity contribution in [1.82, 2.24) is 4.98 Å². The van der Waals surface area contributed by atoms with Crippen molar-refractivity contribution in [2.45, 2.75) is 13.8 Å². The van der Waals surface area contributed by atoms with Crippen LogP contribution in [0.4, 0.5) is 22.2 Å². The lowest BCUT2D eigenvalue weighted by molar-refractivity contribution is -0.114. The summed E-state index contributed by atoms with van der Waals surface area (Å²) in [5.74, 6) is 0.354. The van der Waals surface area contributed by atoms with Crippen LogP contribution >= 0.6 is 11.3 Å². The Morgan fingerprint density at radius 2 is 1.57 bits per heavy atom. The van der Waals surface area contributed by atoms with Gasteiger partial charge in [0.1, 0.15) is 11.4 Å². The highest BCUT2D eigenvalue weighted by Gasteiger charge is 2.11. The van der Waals surface area contributed by atoms with Gasteiger partial charge in [0.2, 0.25) is 5.91 Å². The molecular weight excluding hydrogens is 376 g/mol. The van der Waals surface area contributed by atoms with E-state index in [1.165, 1.54) is 18.3 Å². The van der Waals surface area contributed by atoms with Gasteiger partial charge in [0.25, 0.3) is 5.91 Å². The first-order chi connectivity index (χ1) is 13.5. The van der Waals surface area contributed by atoms with E-state index < -0.39 is 0 Å². The predicted molar refractivity (Wildman–Crippen MR) is 112 cm³/mol. The van der Waals surface area contributed by atoms with E-state index in [0.29, 0.717) is 28.8 Å². The number of carbonyl (C=O) groups is 2. The lowest BCUT2D eigenvalue weighted by Gasteiger charge is -2.06. The first kappa shape index (κ1) is 19.4. The van der Waals surface area contributed by atoms with Crippen LogP contribution in [0.25, 0.3) is 0 Å². The van der Waals surface area contributed by atoms with Gasteiger partial charge in [0.05, 0.1) is 6.61 Å². The Labute approximate surface area is 166 Å². The van der Waals surface area contributed by atoms with Crippen molar-refractivity contribution in [1.29, 1.82) is 0 Å². The van der Waals surface area contributed by atoms with E-state index in [0.717, 1.165) is 11.4 Å². The summed E-state index contributed by atoms with van der Waals surface area (Å²) >= 11 is 1.35. The van der Waals surface area contributed by atoms with Crippen molar-refractivity contribution in [3.8, 4) is 5.75 Å². The van der Waals surface area contributed by atoms with E-state index in [9.17, 15) is 9.59 Å². The smallest absolute Gasteiger partial charge is 0.275 e. The molecule has 28 heavy (non-hydrogen) atoms. The number of ether oxygens (including phenoxy) is 1. The van der Waals surface area contributed by atoms with Crippen LogP contribution in [0.3, 0.4) is 0 Å². The third-order valence-electron chi connectivity index (χ3n) is 3.62. The van der Waals surface area contributed by atoms with Gasteiger partial charge in [-0.25, -0.2) is 4.98 Å². The highest BCUT2D eigenvalue weighted by Crippen LogP contribution is 2.23. The molecular formula is C20H20N4O3S. The fraction of sp³-hybridized carbons (Fsp3) is 0.150. The van der Waals surface area contributed by atoms with E-state index in [1.807, 2.05) is 31.2 Å². The monoisotopic (exact) mass is 396 g/mol. The van der Waals surface area contributed by atoms with Crippen molar-refractivity contribution < 1.29 is 14.3 Å². The topological polar surface area (TPSA) is 92.3 Å². The molecule has 0 fully saturated rings. The first-order valence-electron chi connectivity index (χ1n) is 8.68. The van der Waals surface area contributed by atoms with Crippen LogP contribution in [-0.2, 0) is 4.79 Å². The second-order valence-corrected chi connectivity index (χ2v) is 6.69. The molecule has 144 valence electrons. The van der Waals surface area contributed by atoms with Gasteiger partial charge in [-0.15, -0.1) is 11.3 Å². The molecule has 8 heteroatoms. The lowest BCUT2D eigenvalue weighted by Crippen LogP contribution is -2.12. The Bertz CT molecular complexity index is 952. The molecule has 1 aromatic heterocycles. The molecule has 0 aliphatic carbocycles. The van der Waals surface area contributed by atoms with E-state index in [4.69, 9.17) is 4.74 Å². The summed E-state index contributed by atoms with van der Waals surface area (Å²) in [4.78, 5) is 27.7. The largest absolute Gasteiger partial charge is 0.494 e. The molecule has 3 N–H and O–H groups in total. The molecule has 7 nitrogen and oxygen atoms in total. The third-order valence-corrected chi connectivity index (χ3v) is 4.37. The number of nitrogens with zero attached hydrogens (tertiary/aromatic N) is 1. The number of aromatic nitrogens is 1. The fourth-order valence-corrected chi connectivity index (χ4v) is 3.11. The zero-order valence-corrected chi connectivity index (χ0v) is 16.3. The van der Waals surface area contributed by atoms with Crippen LogP contribution in [0.2, 0.25) is 0 Å². The van der Waals surface area contributed by atoms with Crippen LogP contribution in [0.5, 0.6) is 5.75 Å². The summed E-state index contributed by atoms with van der Waals surface area (Å²) < 4.78 is 5.42. The predicted octanol–water partition coefficient (Wildman–Crippen LogP) is 4.50. The summed E-state index contributed by atoms with van der Waals surface area (Å²) in [5.41, 5.74) is 2.47. The molecule has 0 bridgehead atoms. The summed E-state index contributed by atoms with van der Waals surface area (Å²) in [6, 6.07) is 14.4. The number of amides is 2. The van der Waals surface area contributed by atoms with Gasteiger partial charge in [0.15, 0.2) is 5.13 Å². The number of nitrogens with one attached hydrogen (secondary N) is 3. The van der Waals surface area contributed by atoms with Crippen LogP contribution in [0.1, 0.15) is 24.3 Å². The molecule has 0 spiro atoms. The van der Waals surface area contributed by atoms with E-state index in [-0.39, 0.29) is 11.8 Å². The van der Waals surface area contributed by atoms with Crippen molar-refractivity contribution in [2.24, 2.45) is 0 Å². The molecule has 0 aliphatic rings. The number of benzene rings is 2. The number of carbonyl (C=O) groups excluding carboxylic acids is 2. The summed E-state index contributed by atoms with van der Waals surface area (Å²) in [5, 5.41) is 10.9. The van der Waals surface area contributed by atoms with E-state index >= 15 is 0 Å². The summed E-state index contributed by atoms with van der Waals surface area (Å²) in [6.45, 7) is 4.00. The first-order valence-corrected chi connectivity index (χ1v) is 9.56. The highest BCUT2D eigenvalue weighted by atomic mass is 32.1. The van der Waals surface area contributed by atoms with E-state index in [1.54, 1.807) is 29.6 Å². The molecule has 2 aromatic carbocycles. The quantitative estimate of drug-likeness (QED) is 0.547. The Kier molecular flexibility index (Phi) is 6.23. The maximum absolute atomic E-state index is 12.4. The highest BCUT2D eigenvalue weighted by molar-refractivity contribution is 7.14. The average Bonchev–Trinajstić information content (AvgIpc) is 3.13. The number of hydrogen-bond donors (Lipinski definition) is 3. The Morgan fingerprint density at radius 3 is 2.18 bits per heavy atom. The van der Waals surface area contributed by atoms with Crippen LogP contribution in [0.15, 0.2) is 53.9 Å². The molecule has 0 saturated carbocycles. The van der Waals surface area contributed by atoms with Crippen LogP contribution < -0.4 is 20.7 Å². The molecule has 0 aliphatic heterocycles. The van der Waals surface area contributed by atoms with Crippen molar-refractivity contribution in [3.63, 3.8) is 0 Å². The zero-order chi connectivity index (χ0) is 19.9. The van der Waals surface area contributed by atoms with Crippen LogP contribution in [0, 0.1) is 0 Å². The standard InChI is InChI=1S/C20H20N4O3S/c1-3-27-17-10-8-16(9-11-17)23-20-24-18(12-28-20)19(26)22-15-6-4-14(5-7-15)21-13(2)25/h4-12H,3H2,1-2H3,(H,21,25)(H,22,26)(H,23,24). The summed E-state index contributed by atoms with van der Waals surface area (Å²) in [6.07, 6.45) is 0. The maximum atomic E-state index is 12.4. The van der Waals surface area contributed by atoms with Gasteiger partial charge in [-0.05, 0) is 55.5 Å². The molecule has 1 heterocycles. The van der Waals surface area contributed by atoms with Crippen molar-refractivity contribution in [2.75, 3.05) is 22.6 Å². The zero-order valence-electron chi connectivity index (χ0n) is 15.5. The summed E-state index contributed by atoms with van der Waals surface area (Å²) in [7, 11) is 0. The SMILES string of the molecule is CCOc1ccc(Nc2nc(C(=O)Nc3ccc(NC(C)=O)cc3)cs2)cc1. The average molecular weight is 396 g/mol. The van der Waals surface area contributed by atoms with Crippen LogP contribution in [-0.4, -0.2) is 23.4 Å². The minimum atomic E-state index is -0.303. The molecule has 0 unspecified atom stereocenters. The van der Waals surface area contributed by atoms with Gasteiger partial charge in [-0.1, -0.05) is 0 Å². The molecule has 0 saturated heterocycles. The maximum Gasteiger partial charge on any atom is 0.275 e. The van der Waals surface area contributed by atoms with Gasteiger partial charge in [-0.3, -0.25) is 9.59 Å². The minimum absolute atomic E-state index is 0.146. The van der Waals surface area contributed by atoms with Gasteiger partial charge < -0.3 is 20.7 Å². The molecule has 3 rings (SSSR count). The lowest BCUT2D eigenvalue weighted by atomic mass is 10.2. The third kappa shape index (κ3) is 5.31.